The summed E-state index contributed by atoms with van der Waals surface area (Å²) >= 11 is 11.9. The number of rotatable bonds is 4. The second-order valence-corrected chi connectivity index (χ2v) is 5.71. The number of anilines is 2. The highest BCUT2D eigenvalue weighted by Crippen LogP contribution is 2.28. The summed E-state index contributed by atoms with van der Waals surface area (Å²) in [6, 6.07) is 5.42. The number of hydrogen-bond acceptors (Lipinski definition) is 2. The molecule has 1 rings (SSSR count). The molecule has 0 unspecified atom stereocenters. The van der Waals surface area contributed by atoms with Gasteiger partial charge in [-0.1, -0.05) is 11.6 Å². The van der Waals surface area contributed by atoms with Crippen LogP contribution in [0.5, 0.6) is 0 Å². The van der Waals surface area contributed by atoms with E-state index in [-0.39, 0.29) is 11.8 Å². The lowest BCUT2D eigenvalue weighted by Crippen LogP contribution is -2.32. The van der Waals surface area contributed by atoms with Crippen molar-refractivity contribution in [2.24, 2.45) is 5.41 Å². The monoisotopic (exact) mass is 288 g/mol. The molecule has 0 aromatic heterocycles. The highest BCUT2D eigenvalue weighted by atomic mass is 35.5. The molecule has 0 atom stereocenters. The first-order valence-electron chi connectivity index (χ1n) is 5.62. The first-order chi connectivity index (χ1) is 8.27. The van der Waals surface area contributed by atoms with Crippen molar-refractivity contribution in [2.75, 3.05) is 30.2 Å². The van der Waals surface area contributed by atoms with Crippen LogP contribution in [-0.2, 0) is 4.79 Å². The fourth-order valence-corrected chi connectivity index (χ4v) is 1.78. The molecule has 0 aliphatic heterocycles. The fraction of sp³-hybridized carbons (Fsp3) is 0.462. The minimum Gasteiger partial charge on any atom is -0.376 e. The molecule has 3 nitrogen and oxygen atoms in total. The second-order valence-electron chi connectivity index (χ2n) is 5.03. The SMILES string of the molecule is CN(C)c1ccc(NC(=O)C(C)(C)CCl)cc1Cl. The molecule has 0 saturated carbocycles. The van der Waals surface area contributed by atoms with Crippen LogP contribution in [0.2, 0.25) is 5.02 Å². The van der Waals surface area contributed by atoms with Crippen molar-refractivity contribution >= 4 is 40.5 Å². The van der Waals surface area contributed by atoms with Crippen LogP contribution < -0.4 is 10.2 Å². The zero-order valence-corrected chi connectivity index (χ0v) is 12.6. The van der Waals surface area contributed by atoms with Gasteiger partial charge in [0.05, 0.1) is 16.1 Å². The summed E-state index contributed by atoms with van der Waals surface area (Å²) in [5.41, 5.74) is 0.980. The lowest BCUT2D eigenvalue weighted by Gasteiger charge is -2.21. The second kappa shape index (κ2) is 5.81. The average molecular weight is 289 g/mol. The van der Waals surface area contributed by atoms with E-state index in [9.17, 15) is 4.79 Å². The number of benzene rings is 1. The van der Waals surface area contributed by atoms with Gasteiger partial charge in [0.15, 0.2) is 0 Å². The number of nitrogens with zero attached hydrogens (tertiary/aromatic N) is 1. The first-order valence-corrected chi connectivity index (χ1v) is 6.53. The highest BCUT2D eigenvalue weighted by molar-refractivity contribution is 6.33. The van der Waals surface area contributed by atoms with E-state index < -0.39 is 5.41 Å². The fourth-order valence-electron chi connectivity index (χ4n) is 1.31. The van der Waals surface area contributed by atoms with E-state index in [0.717, 1.165) is 5.69 Å². The molecule has 1 amide bonds. The molecule has 0 radical (unpaired) electrons. The Morgan fingerprint density at radius 2 is 2.00 bits per heavy atom. The van der Waals surface area contributed by atoms with Crippen LogP contribution in [-0.4, -0.2) is 25.9 Å². The maximum Gasteiger partial charge on any atom is 0.231 e. The summed E-state index contributed by atoms with van der Waals surface area (Å²) in [5.74, 6) is 0.147. The summed E-state index contributed by atoms with van der Waals surface area (Å²) in [5, 5.41) is 3.41. The lowest BCUT2D eigenvalue weighted by molar-refractivity contribution is -0.122. The molecule has 0 heterocycles. The Morgan fingerprint density at radius 3 is 2.44 bits per heavy atom. The van der Waals surface area contributed by atoms with Gasteiger partial charge in [0, 0.05) is 25.7 Å². The molecule has 0 spiro atoms. The molecule has 0 saturated heterocycles. The van der Waals surface area contributed by atoms with Gasteiger partial charge in [-0.2, -0.15) is 0 Å². The quantitative estimate of drug-likeness (QED) is 0.859. The number of hydrogen-bond donors (Lipinski definition) is 1. The van der Waals surface area contributed by atoms with Crippen LogP contribution in [0.4, 0.5) is 11.4 Å². The largest absolute Gasteiger partial charge is 0.376 e. The van der Waals surface area contributed by atoms with Crippen molar-refractivity contribution < 1.29 is 4.79 Å². The number of carbonyl (C=O) groups is 1. The summed E-state index contributed by atoms with van der Waals surface area (Å²) < 4.78 is 0. The Balaban J connectivity index is 2.88. The number of carbonyl (C=O) groups excluding carboxylic acids is 1. The Labute approximate surface area is 118 Å². The van der Waals surface area contributed by atoms with Crippen molar-refractivity contribution in [3.05, 3.63) is 23.2 Å². The van der Waals surface area contributed by atoms with Gasteiger partial charge in [-0.05, 0) is 32.0 Å². The smallest absolute Gasteiger partial charge is 0.231 e. The van der Waals surface area contributed by atoms with Crippen LogP contribution >= 0.6 is 23.2 Å². The third-order valence-electron chi connectivity index (χ3n) is 2.64. The molecule has 100 valence electrons. The van der Waals surface area contributed by atoms with E-state index in [0.29, 0.717) is 10.7 Å². The zero-order chi connectivity index (χ0) is 13.9. The molecule has 5 heteroatoms. The molecule has 1 N–H and O–H groups in total. The normalized spacial score (nSPS) is 11.2. The lowest BCUT2D eigenvalue weighted by atomic mass is 9.95. The number of nitrogens with one attached hydrogen (secondary N) is 1. The van der Waals surface area contributed by atoms with Crippen LogP contribution in [0.15, 0.2) is 18.2 Å². The van der Waals surface area contributed by atoms with Crippen molar-refractivity contribution in [3.8, 4) is 0 Å². The van der Waals surface area contributed by atoms with E-state index in [4.69, 9.17) is 23.2 Å². The third-order valence-corrected chi connectivity index (χ3v) is 3.61. The Bertz CT molecular complexity index is 445. The van der Waals surface area contributed by atoms with E-state index in [1.807, 2.05) is 31.1 Å². The molecule has 1 aromatic rings. The maximum absolute atomic E-state index is 11.9. The topological polar surface area (TPSA) is 32.3 Å². The summed E-state index contributed by atoms with van der Waals surface area (Å²) in [4.78, 5) is 13.9. The minimum absolute atomic E-state index is 0.119. The number of halogens is 2. The molecular weight excluding hydrogens is 271 g/mol. The summed E-state index contributed by atoms with van der Waals surface area (Å²) in [6.45, 7) is 3.59. The molecule has 1 aromatic carbocycles. The van der Waals surface area contributed by atoms with Gasteiger partial charge in [-0.25, -0.2) is 0 Å². The standard InChI is InChI=1S/C13H18Cl2N2O/c1-13(2,8-14)12(18)16-9-5-6-11(17(3)4)10(15)7-9/h5-7H,8H2,1-4H3,(H,16,18). The van der Waals surface area contributed by atoms with E-state index >= 15 is 0 Å². The zero-order valence-electron chi connectivity index (χ0n) is 11.1. The van der Waals surface area contributed by atoms with Crippen LogP contribution in [0, 0.1) is 5.41 Å². The van der Waals surface area contributed by atoms with Gasteiger partial charge >= 0.3 is 0 Å². The van der Waals surface area contributed by atoms with E-state index in [1.165, 1.54) is 0 Å². The Hall–Kier alpha value is -0.930. The van der Waals surface area contributed by atoms with Crippen LogP contribution in [0.1, 0.15) is 13.8 Å². The van der Waals surface area contributed by atoms with Gasteiger partial charge in [0.1, 0.15) is 0 Å². The number of amides is 1. The van der Waals surface area contributed by atoms with E-state index in [2.05, 4.69) is 5.32 Å². The minimum atomic E-state index is -0.603. The van der Waals surface area contributed by atoms with Crippen molar-refractivity contribution in [2.45, 2.75) is 13.8 Å². The van der Waals surface area contributed by atoms with Crippen molar-refractivity contribution in [3.63, 3.8) is 0 Å². The van der Waals surface area contributed by atoms with Gasteiger partial charge in [0.2, 0.25) is 5.91 Å². The van der Waals surface area contributed by atoms with Crippen LogP contribution in [0.25, 0.3) is 0 Å². The van der Waals surface area contributed by atoms with Gasteiger partial charge in [0.25, 0.3) is 0 Å². The van der Waals surface area contributed by atoms with Gasteiger partial charge in [-0.15, -0.1) is 11.6 Å². The molecular formula is C13H18Cl2N2O. The maximum atomic E-state index is 11.9. The Morgan fingerprint density at radius 1 is 1.39 bits per heavy atom. The number of alkyl halides is 1. The first kappa shape index (κ1) is 15.1. The van der Waals surface area contributed by atoms with E-state index in [1.54, 1.807) is 19.9 Å². The molecule has 0 bridgehead atoms. The van der Waals surface area contributed by atoms with Crippen molar-refractivity contribution in [1.29, 1.82) is 0 Å². The average Bonchev–Trinajstić information content (AvgIpc) is 2.28. The summed E-state index contributed by atoms with van der Waals surface area (Å²) in [7, 11) is 3.83. The Kier molecular flexibility index (Phi) is 4.88. The van der Waals surface area contributed by atoms with Gasteiger partial charge in [-0.3, -0.25) is 4.79 Å². The predicted octanol–water partition coefficient (Wildman–Crippen LogP) is 3.61. The molecule has 18 heavy (non-hydrogen) atoms. The predicted molar refractivity (Wildman–Crippen MR) is 78.9 cm³/mol. The van der Waals surface area contributed by atoms with Crippen LogP contribution in [0.3, 0.4) is 0 Å². The molecule has 0 aliphatic carbocycles. The highest BCUT2D eigenvalue weighted by Gasteiger charge is 2.26. The molecule has 0 fully saturated rings. The third kappa shape index (κ3) is 3.53. The summed E-state index contributed by atoms with van der Waals surface area (Å²) in [6.07, 6.45) is 0. The molecule has 0 aliphatic rings. The van der Waals surface area contributed by atoms with Gasteiger partial charge < -0.3 is 10.2 Å². The van der Waals surface area contributed by atoms with Crippen molar-refractivity contribution in [1.82, 2.24) is 0 Å².